The van der Waals surface area contributed by atoms with Crippen LogP contribution in [0.2, 0.25) is 0 Å². The third-order valence-electron chi connectivity index (χ3n) is 4.88. The van der Waals surface area contributed by atoms with Crippen LogP contribution in [0.1, 0.15) is 36.7 Å². The number of nitrogens with zero attached hydrogens (tertiary/aromatic N) is 1. The van der Waals surface area contributed by atoms with Gasteiger partial charge in [-0.25, -0.2) is 4.79 Å². The van der Waals surface area contributed by atoms with Crippen molar-refractivity contribution in [1.29, 1.82) is 0 Å². The molecule has 0 unspecified atom stereocenters. The fourth-order valence-corrected chi connectivity index (χ4v) is 3.63. The first-order valence-corrected chi connectivity index (χ1v) is 9.74. The first-order valence-electron chi connectivity index (χ1n) is 9.74. The molecule has 3 aromatic carbocycles. The third-order valence-corrected chi connectivity index (χ3v) is 4.88. The topological polar surface area (TPSA) is 58.6 Å². The van der Waals surface area contributed by atoms with E-state index in [0.717, 1.165) is 28.4 Å². The average Bonchev–Trinajstić information content (AvgIpc) is 3.09. The van der Waals surface area contributed by atoms with Crippen LogP contribution in [0.15, 0.2) is 60.7 Å². The van der Waals surface area contributed by atoms with Gasteiger partial charge in [0.2, 0.25) is 0 Å². The van der Waals surface area contributed by atoms with Gasteiger partial charge < -0.3 is 9.64 Å². The highest BCUT2D eigenvalue weighted by Crippen LogP contribution is 2.32. The van der Waals surface area contributed by atoms with E-state index in [1.165, 1.54) is 0 Å². The first kappa shape index (κ1) is 19.0. The lowest BCUT2D eigenvalue weighted by Gasteiger charge is -2.22. The maximum Gasteiger partial charge on any atom is 0.412 e. The molecule has 4 rings (SSSR count). The van der Waals surface area contributed by atoms with Gasteiger partial charge in [0.05, 0.1) is 11.3 Å². The summed E-state index contributed by atoms with van der Waals surface area (Å²) >= 11 is 0. The second kappa shape index (κ2) is 7.24. The molecule has 1 aliphatic heterocycles. The number of carbonyl (C=O) groups is 2. The molecule has 0 saturated heterocycles. The molecular formula is C24H24N2O3. The van der Waals surface area contributed by atoms with Crippen molar-refractivity contribution in [2.24, 2.45) is 0 Å². The highest BCUT2D eigenvalue weighted by Gasteiger charge is 2.28. The fourth-order valence-electron chi connectivity index (χ4n) is 3.63. The quantitative estimate of drug-likeness (QED) is 0.640. The first-order chi connectivity index (χ1) is 13.8. The number of ether oxygens (including phenoxy) is 1. The zero-order chi connectivity index (χ0) is 20.6. The fraction of sp³-hybridized carbons (Fsp3) is 0.250. The summed E-state index contributed by atoms with van der Waals surface area (Å²) in [6.45, 7) is 6.04. The van der Waals surface area contributed by atoms with Crippen molar-refractivity contribution in [3.63, 3.8) is 0 Å². The zero-order valence-corrected chi connectivity index (χ0v) is 16.9. The number of hydrogen-bond donors (Lipinski definition) is 1. The minimum absolute atomic E-state index is 0.133. The lowest BCUT2D eigenvalue weighted by atomic mass is 10.0. The summed E-state index contributed by atoms with van der Waals surface area (Å²) in [6.07, 6.45) is 0.244. The van der Waals surface area contributed by atoms with Crippen LogP contribution in [0, 0.1) is 0 Å². The molecule has 148 valence electrons. The number of amides is 2. The third kappa shape index (κ3) is 3.94. The average molecular weight is 388 g/mol. The molecule has 0 saturated carbocycles. The second-order valence-electron chi connectivity index (χ2n) is 8.21. The van der Waals surface area contributed by atoms with Crippen LogP contribution >= 0.6 is 0 Å². The monoisotopic (exact) mass is 388 g/mol. The number of nitrogens with one attached hydrogen (secondary N) is 1. The van der Waals surface area contributed by atoms with Crippen LogP contribution in [0.4, 0.5) is 16.2 Å². The Morgan fingerprint density at radius 3 is 2.34 bits per heavy atom. The maximum absolute atomic E-state index is 13.5. The molecule has 3 aromatic rings. The number of para-hydroxylation sites is 1. The van der Waals surface area contributed by atoms with E-state index in [2.05, 4.69) is 5.32 Å². The molecule has 0 spiro atoms. The SMILES string of the molecule is CC(C)(C)OC(=O)Nc1cc2ccccc2cc1C(=O)N1CCc2ccccc21. The second-order valence-corrected chi connectivity index (χ2v) is 8.21. The van der Waals surface area contributed by atoms with Crippen molar-refractivity contribution < 1.29 is 14.3 Å². The zero-order valence-electron chi connectivity index (χ0n) is 16.9. The van der Waals surface area contributed by atoms with E-state index in [4.69, 9.17) is 4.74 Å². The Balaban J connectivity index is 1.74. The van der Waals surface area contributed by atoms with Crippen LogP contribution in [-0.2, 0) is 11.2 Å². The minimum Gasteiger partial charge on any atom is -0.444 e. The van der Waals surface area contributed by atoms with Crippen LogP contribution in [0.5, 0.6) is 0 Å². The molecular weight excluding hydrogens is 364 g/mol. The van der Waals surface area contributed by atoms with Crippen molar-refractivity contribution in [3.8, 4) is 0 Å². The van der Waals surface area contributed by atoms with Gasteiger partial charge in [-0.1, -0.05) is 42.5 Å². The summed E-state index contributed by atoms with van der Waals surface area (Å²) in [7, 11) is 0. The summed E-state index contributed by atoms with van der Waals surface area (Å²) < 4.78 is 5.40. The maximum atomic E-state index is 13.5. The van der Waals surface area contributed by atoms with Crippen molar-refractivity contribution >= 4 is 34.1 Å². The summed E-state index contributed by atoms with van der Waals surface area (Å²) in [4.78, 5) is 27.7. The molecule has 0 aromatic heterocycles. The summed E-state index contributed by atoms with van der Waals surface area (Å²) in [5.41, 5.74) is 2.36. The Morgan fingerprint density at radius 2 is 1.62 bits per heavy atom. The molecule has 0 aliphatic carbocycles. The summed E-state index contributed by atoms with van der Waals surface area (Å²) in [5, 5.41) is 4.66. The Kier molecular flexibility index (Phi) is 4.74. The van der Waals surface area contributed by atoms with Gasteiger partial charge in [0.25, 0.3) is 5.91 Å². The van der Waals surface area contributed by atoms with Gasteiger partial charge >= 0.3 is 6.09 Å². The number of fused-ring (bicyclic) bond motifs is 2. The molecule has 0 atom stereocenters. The number of hydrogen-bond acceptors (Lipinski definition) is 3. The van der Waals surface area contributed by atoms with Crippen molar-refractivity contribution in [2.75, 3.05) is 16.8 Å². The van der Waals surface area contributed by atoms with Gasteiger partial charge in [0.1, 0.15) is 5.60 Å². The summed E-state index contributed by atoms with van der Waals surface area (Å²) in [6, 6.07) is 19.4. The van der Waals surface area contributed by atoms with Crippen molar-refractivity contribution in [2.45, 2.75) is 32.8 Å². The molecule has 2 amide bonds. The predicted octanol–water partition coefficient (Wildman–Crippen LogP) is 5.39. The van der Waals surface area contributed by atoms with Crippen molar-refractivity contribution in [3.05, 3.63) is 71.8 Å². The van der Waals surface area contributed by atoms with E-state index >= 15 is 0 Å². The van der Waals surface area contributed by atoms with Crippen molar-refractivity contribution in [1.82, 2.24) is 0 Å². The Hall–Kier alpha value is -3.34. The molecule has 0 radical (unpaired) electrons. The van der Waals surface area contributed by atoms with E-state index in [1.54, 1.807) is 25.7 Å². The van der Waals surface area contributed by atoms with Gasteiger partial charge in [-0.2, -0.15) is 0 Å². The van der Waals surface area contributed by atoms with Crippen LogP contribution in [-0.4, -0.2) is 24.1 Å². The molecule has 5 nitrogen and oxygen atoms in total. The van der Waals surface area contributed by atoms with Crippen LogP contribution < -0.4 is 10.2 Å². The summed E-state index contributed by atoms with van der Waals surface area (Å²) in [5.74, 6) is -0.133. The number of carbonyl (C=O) groups excluding carboxylic acids is 2. The Labute approximate surface area is 170 Å². The number of benzene rings is 3. The van der Waals surface area contributed by atoms with Gasteiger partial charge in [-0.05, 0) is 61.7 Å². The van der Waals surface area contributed by atoms with E-state index in [1.807, 2.05) is 60.7 Å². The molecule has 1 heterocycles. The minimum atomic E-state index is -0.626. The number of anilines is 2. The lowest BCUT2D eigenvalue weighted by molar-refractivity contribution is 0.0636. The van der Waals surface area contributed by atoms with Gasteiger partial charge in [-0.15, -0.1) is 0 Å². The number of rotatable bonds is 2. The molecule has 29 heavy (non-hydrogen) atoms. The van der Waals surface area contributed by atoms with Gasteiger partial charge in [0.15, 0.2) is 0 Å². The van der Waals surface area contributed by atoms with E-state index in [0.29, 0.717) is 17.8 Å². The highest BCUT2D eigenvalue weighted by atomic mass is 16.6. The van der Waals surface area contributed by atoms with E-state index in [-0.39, 0.29) is 5.91 Å². The van der Waals surface area contributed by atoms with Crippen LogP contribution in [0.3, 0.4) is 0 Å². The Morgan fingerprint density at radius 1 is 0.966 bits per heavy atom. The molecule has 1 aliphatic rings. The van der Waals surface area contributed by atoms with Gasteiger partial charge in [-0.3, -0.25) is 10.1 Å². The highest BCUT2D eigenvalue weighted by molar-refractivity contribution is 6.14. The molecule has 1 N–H and O–H groups in total. The predicted molar refractivity (Wildman–Crippen MR) is 116 cm³/mol. The van der Waals surface area contributed by atoms with Gasteiger partial charge in [0, 0.05) is 12.2 Å². The smallest absolute Gasteiger partial charge is 0.412 e. The largest absolute Gasteiger partial charge is 0.444 e. The normalized spacial score (nSPS) is 13.3. The van der Waals surface area contributed by atoms with E-state index < -0.39 is 11.7 Å². The lowest BCUT2D eigenvalue weighted by Crippen LogP contribution is -2.31. The molecule has 0 bridgehead atoms. The molecule has 5 heteroatoms. The standard InChI is InChI=1S/C24H24N2O3/c1-24(2,3)29-23(28)25-20-15-18-10-5-4-9-17(18)14-19(20)22(27)26-13-12-16-8-6-7-11-21(16)26/h4-11,14-15H,12-13H2,1-3H3,(H,25,28). The van der Waals surface area contributed by atoms with E-state index in [9.17, 15) is 9.59 Å². The van der Waals surface area contributed by atoms with Crippen LogP contribution in [0.25, 0.3) is 10.8 Å². The Bertz CT molecular complexity index is 1100. The molecule has 0 fully saturated rings.